The van der Waals surface area contributed by atoms with Crippen molar-refractivity contribution < 1.29 is 41.0 Å². The first-order valence-electron chi connectivity index (χ1n) is 5.82. The standard InChI is InChI=1S/C13H10F5NO4/c1-22-9(20)5-8(12(21)23-2)19-7-4-3-6(14)10(11(7)15)13(16,17)18/h3-5,19H,1-2H3/b8-5+. The van der Waals surface area contributed by atoms with E-state index in [0.29, 0.717) is 18.2 Å². The van der Waals surface area contributed by atoms with E-state index in [1.807, 2.05) is 5.32 Å². The molecule has 1 rings (SSSR count). The minimum atomic E-state index is -5.29. The Morgan fingerprint density at radius 2 is 1.74 bits per heavy atom. The van der Waals surface area contributed by atoms with E-state index in [2.05, 4.69) is 9.47 Å². The summed E-state index contributed by atoms with van der Waals surface area (Å²) in [7, 11) is 1.91. The Morgan fingerprint density at radius 3 is 2.22 bits per heavy atom. The molecule has 0 aliphatic heterocycles. The van der Waals surface area contributed by atoms with Crippen molar-refractivity contribution in [1.82, 2.24) is 0 Å². The second-order valence-electron chi connectivity index (χ2n) is 3.98. The molecule has 0 aliphatic rings. The number of hydrogen-bond acceptors (Lipinski definition) is 5. The van der Waals surface area contributed by atoms with Crippen LogP contribution in [-0.2, 0) is 25.2 Å². The van der Waals surface area contributed by atoms with Gasteiger partial charge in [0.05, 0.1) is 26.0 Å². The summed E-state index contributed by atoms with van der Waals surface area (Å²) >= 11 is 0. The lowest BCUT2D eigenvalue weighted by molar-refractivity contribution is -0.142. The van der Waals surface area contributed by atoms with Gasteiger partial charge < -0.3 is 14.8 Å². The van der Waals surface area contributed by atoms with Crippen molar-refractivity contribution in [2.45, 2.75) is 6.18 Å². The van der Waals surface area contributed by atoms with Crippen molar-refractivity contribution in [3.8, 4) is 0 Å². The molecule has 0 saturated carbocycles. The van der Waals surface area contributed by atoms with Gasteiger partial charge in [-0.3, -0.25) is 0 Å². The summed E-state index contributed by atoms with van der Waals surface area (Å²) in [6.07, 6.45) is -4.74. The third-order valence-corrected chi connectivity index (χ3v) is 2.51. The molecule has 0 unspecified atom stereocenters. The van der Waals surface area contributed by atoms with Gasteiger partial charge in [0.1, 0.15) is 17.1 Å². The molecule has 0 aromatic heterocycles. The van der Waals surface area contributed by atoms with Gasteiger partial charge >= 0.3 is 18.1 Å². The highest BCUT2D eigenvalue weighted by Crippen LogP contribution is 2.36. The molecule has 0 heterocycles. The van der Waals surface area contributed by atoms with Crippen LogP contribution in [0.15, 0.2) is 23.9 Å². The van der Waals surface area contributed by atoms with Crippen molar-refractivity contribution >= 4 is 17.6 Å². The Balaban J connectivity index is 3.33. The van der Waals surface area contributed by atoms with Crippen molar-refractivity contribution in [2.24, 2.45) is 0 Å². The highest BCUT2D eigenvalue weighted by molar-refractivity contribution is 5.98. The summed E-state index contributed by atoms with van der Waals surface area (Å²) < 4.78 is 73.5. The van der Waals surface area contributed by atoms with Crippen LogP contribution in [0, 0.1) is 11.6 Å². The average molecular weight is 339 g/mol. The van der Waals surface area contributed by atoms with Gasteiger partial charge in [-0.15, -0.1) is 0 Å². The first kappa shape index (κ1) is 18.4. The molecule has 1 aromatic rings. The molecule has 23 heavy (non-hydrogen) atoms. The molecule has 0 atom stereocenters. The quantitative estimate of drug-likeness (QED) is 0.519. The Hall–Kier alpha value is -2.65. The number of carbonyl (C=O) groups excluding carboxylic acids is 2. The highest BCUT2D eigenvalue weighted by atomic mass is 19.4. The fraction of sp³-hybridized carbons (Fsp3) is 0.231. The second kappa shape index (κ2) is 7.07. The fourth-order valence-electron chi connectivity index (χ4n) is 1.49. The van der Waals surface area contributed by atoms with E-state index in [4.69, 9.17) is 0 Å². The summed E-state index contributed by atoms with van der Waals surface area (Å²) in [6, 6.07) is 0.995. The zero-order valence-electron chi connectivity index (χ0n) is 11.8. The Labute approximate surface area is 126 Å². The van der Waals surface area contributed by atoms with Gasteiger partial charge in [-0.05, 0) is 12.1 Å². The predicted octanol–water partition coefficient (Wildman–Crippen LogP) is 2.63. The third-order valence-electron chi connectivity index (χ3n) is 2.51. The van der Waals surface area contributed by atoms with E-state index < -0.39 is 46.7 Å². The summed E-state index contributed by atoms with van der Waals surface area (Å²) in [4.78, 5) is 22.6. The first-order valence-corrected chi connectivity index (χ1v) is 5.82. The van der Waals surface area contributed by atoms with Crippen LogP contribution < -0.4 is 5.32 Å². The number of anilines is 1. The van der Waals surface area contributed by atoms with Crippen LogP contribution in [-0.4, -0.2) is 26.2 Å². The number of carbonyl (C=O) groups is 2. The predicted molar refractivity (Wildman–Crippen MR) is 67.1 cm³/mol. The number of hydrogen-bond donors (Lipinski definition) is 1. The van der Waals surface area contributed by atoms with Gasteiger partial charge in [-0.25, -0.2) is 18.4 Å². The number of alkyl halides is 3. The number of esters is 2. The van der Waals surface area contributed by atoms with Gasteiger partial charge in [0.25, 0.3) is 0 Å². The van der Waals surface area contributed by atoms with E-state index in [1.54, 1.807) is 0 Å². The van der Waals surface area contributed by atoms with Crippen LogP contribution in [0.5, 0.6) is 0 Å². The molecule has 0 aliphatic carbocycles. The smallest absolute Gasteiger partial charge is 0.422 e. The Bertz CT molecular complexity index is 655. The first-order chi connectivity index (χ1) is 10.6. The fourth-order valence-corrected chi connectivity index (χ4v) is 1.49. The minimum Gasteiger partial charge on any atom is -0.466 e. The lowest BCUT2D eigenvalue weighted by atomic mass is 10.1. The minimum absolute atomic E-state index is 0.362. The molecule has 1 aromatic carbocycles. The van der Waals surface area contributed by atoms with Crippen molar-refractivity contribution in [3.05, 3.63) is 41.1 Å². The largest absolute Gasteiger partial charge is 0.466 e. The molecule has 126 valence electrons. The summed E-state index contributed by atoms with van der Waals surface area (Å²) in [5, 5.41) is 1.95. The van der Waals surface area contributed by atoms with E-state index in [1.165, 1.54) is 0 Å². The van der Waals surface area contributed by atoms with Gasteiger partial charge in [0.2, 0.25) is 0 Å². The maximum atomic E-state index is 13.9. The Kier molecular flexibility index (Phi) is 5.66. The normalized spacial score (nSPS) is 11.9. The van der Waals surface area contributed by atoms with Gasteiger partial charge in [0.15, 0.2) is 5.82 Å². The van der Waals surface area contributed by atoms with Crippen LogP contribution in [0.3, 0.4) is 0 Å². The molecule has 0 amide bonds. The molecule has 0 saturated heterocycles. The molecule has 5 nitrogen and oxygen atoms in total. The third kappa shape index (κ3) is 4.41. The molecule has 10 heteroatoms. The van der Waals surface area contributed by atoms with Crippen LogP contribution >= 0.6 is 0 Å². The zero-order valence-corrected chi connectivity index (χ0v) is 11.8. The van der Waals surface area contributed by atoms with E-state index in [0.717, 1.165) is 14.2 Å². The maximum absolute atomic E-state index is 13.9. The Morgan fingerprint density at radius 1 is 1.13 bits per heavy atom. The number of rotatable bonds is 4. The topological polar surface area (TPSA) is 64.6 Å². The van der Waals surface area contributed by atoms with Crippen molar-refractivity contribution in [1.29, 1.82) is 0 Å². The summed E-state index contributed by atoms with van der Waals surface area (Å²) in [6.45, 7) is 0. The number of halogens is 5. The summed E-state index contributed by atoms with van der Waals surface area (Å²) in [5.74, 6) is -6.02. The SMILES string of the molecule is COC(=O)/C=C(/Nc1ccc(F)c(C(F)(F)F)c1F)C(=O)OC. The summed E-state index contributed by atoms with van der Waals surface area (Å²) in [5.41, 5.74) is -3.71. The van der Waals surface area contributed by atoms with Crippen LogP contribution in [0.1, 0.15) is 5.56 Å². The van der Waals surface area contributed by atoms with Crippen LogP contribution in [0.2, 0.25) is 0 Å². The molecule has 0 fully saturated rings. The monoisotopic (exact) mass is 339 g/mol. The number of nitrogens with one attached hydrogen (secondary N) is 1. The number of ether oxygens (including phenoxy) is 2. The lowest BCUT2D eigenvalue weighted by Crippen LogP contribution is -2.18. The van der Waals surface area contributed by atoms with Gasteiger partial charge in [-0.2, -0.15) is 13.2 Å². The number of benzene rings is 1. The van der Waals surface area contributed by atoms with E-state index in [9.17, 15) is 31.5 Å². The second-order valence-corrected chi connectivity index (χ2v) is 3.98. The van der Waals surface area contributed by atoms with Crippen LogP contribution in [0.25, 0.3) is 0 Å². The molecule has 0 radical (unpaired) electrons. The van der Waals surface area contributed by atoms with Crippen LogP contribution in [0.4, 0.5) is 27.6 Å². The molecular formula is C13H10F5NO4. The lowest BCUT2D eigenvalue weighted by Gasteiger charge is -2.14. The highest BCUT2D eigenvalue weighted by Gasteiger charge is 2.39. The van der Waals surface area contributed by atoms with Crippen molar-refractivity contribution in [2.75, 3.05) is 19.5 Å². The zero-order chi connectivity index (χ0) is 17.8. The molecular weight excluding hydrogens is 329 g/mol. The van der Waals surface area contributed by atoms with Gasteiger partial charge in [-0.1, -0.05) is 0 Å². The van der Waals surface area contributed by atoms with Crippen molar-refractivity contribution in [3.63, 3.8) is 0 Å². The van der Waals surface area contributed by atoms with E-state index in [-0.39, 0.29) is 0 Å². The maximum Gasteiger partial charge on any atom is 0.422 e. The molecule has 0 bridgehead atoms. The molecule has 1 N–H and O–H groups in total. The van der Waals surface area contributed by atoms with Gasteiger partial charge in [0, 0.05) is 0 Å². The average Bonchev–Trinajstić information content (AvgIpc) is 2.46. The number of methoxy groups -OCH3 is 2. The van der Waals surface area contributed by atoms with E-state index >= 15 is 0 Å². The molecule has 0 spiro atoms.